The van der Waals surface area contributed by atoms with Crippen molar-refractivity contribution in [2.24, 2.45) is 5.84 Å². The van der Waals surface area contributed by atoms with Gasteiger partial charge in [0.1, 0.15) is 5.82 Å². The molecule has 5 heteroatoms. The largest absolute Gasteiger partial charge is 0.271 e. The Morgan fingerprint density at radius 2 is 2.11 bits per heavy atom. The average Bonchev–Trinajstić information content (AvgIpc) is 2.98. The number of benzene rings is 1. The molecule has 3 aromatic rings. The van der Waals surface area contributed by atoms with Gasteiger partial charge in [0, 0.05) is 9.58 Å². The van der Waals surface area contributed by atoms with Crippen molar-refractivity contribution in [2.75, 3.05) is 0 Å². The van der Waals surface area contributed by atoms with Crippen molar-refractivity contribution in [3.63, 3.8) is 0 Å². The molecule has 0 aliphatic carbocycles. The number of thiophene rings is 2. The number of rotatable bonds is 3. The molecule has 3 rings (SSSR count). The Morgan fingerprint density at radius 1 is 1.22 bits per heavy atom. The van der Waals surface area contributed by atoms with Gasteiger partial charge in [-0.25, -0.2) is 9.82 Å². The van der Waals surface area contributed by atoms with E-state index in [2.05, 4.69) is 16.9 Å². The zero-order valence-electron chi connectivity index (χ0n) is 9.39. The lowest BCUT2D eigenvalue weighted by molar-refractivity contribution is 0.630. The van der Waals surface area contributed by atoms with Gasteiger partial charge in [-0.15, -0.1) is 11.3 Å². The third-order valence-corrected chi connectivity index (χ3v) is 4.69. The van der Waals surface area contributed by atoms with E-state index in [1.165, 1.54) is 6.07 Å². The summed E-state index contributed by atoms with van der Waals surface area (Å²) in [5.74, 6) is 5.43. The Kier molecular flexibility index (Phi) is 3.13. The van der Waals surface area contributed by atoms with E-state index in [1.807, 2.05) is 11.4 Å². The standard InChI is InChI=1S/C13H11FN2S2/c14-10-2-1-8-5-12(18-11(8)6-10)13(16-15)9-3-4-17-7-9/h1-7,13,16H,15H2. The maximum atomic E-state index is 13.2. The van der Waals surface area contributed by atoms with Crippen molar-refractivity contribution < 1.29 is 4.39 Å². The SMILES string of the molecule is NNC(c1ccsc1)c1cc2ccc(F)cc2s1. The summed E-state index contributed by atoms with van der Waals surface area (Å²) in [6, 6.07) is 8.91. The van der Waals surface area contributed by atoms with E-state index >= 15 is 0 Å². The van der Waals surface area contributed by atoms with Crippen molar-refractivity contribution >= 4 is 32.8 Å². The number of hydrazine groups is 1. The van der Waals surface area contributed by atoms with E-state index < -0.39 is 0 Å². The Morgan fingerprint density at radius 3 is 2.83 bits per heavy atom. The molecule has 1 unspecified atom stereocenters. The van der Waals surface area contributed by atoms with E-state index in [9.17, 15) is 4.39 Å². The van der Waals surface area contributed by atoms with Crippen LogP contribution in [-0.4, -0.2) is 0 Å². The minimum atomic E-state index is -0.205. The van der Waals surface area contributed by atoms with Gasteiger partial charge in [-0.1, -0.05) is 6.07 Å². The van der Waals surface area contributed by atoms with E-state index in [1.54, 1.807) is 34.8 Å². The molecule has 0 aliphatic heterocycles. The molecular weight excluding hydrogens is 267 g/mol. The first-order valence-corrected chi connectivity index (χ1v) is 7.21. The molecule has 2 heterocycles. The molecule has 2 nitrogen and oxygen atoms in total. The van der Waals surface area contributed by atoms with E-state index in [4.69, 9.17) is 5.84 Å². The lowest BCUT2D eigenvalue weighted by Crippen LogP contribution is -2.27. The summed E-state index contributed by atoms with van der Waals surface area (Å²) in [4.78, 5) is 1.09. The lowest BCUT2D eigenvalue weighted by atomic mass is 10.1. The van der Waals surface area contributed by atoms with Gasteiger partial charge in [0.2, 0.25) is 0 Å². The van der Waals surface area contributed by atoms with Crippen molar-refractivity contribution in [3.05, 3.63) is 57.3 Å². The second kappa shape index (κ2) is 4.78. The first-order chi connectivity index (χ1) is 8.78. The quantitative estimate of drug-likeness (QED) is 0.567. The Hall–Kier alpha value is -1.27. The third kappa shape index (κ3) is 2.06. The van der Waals surface area contributed by atoms with Crippen molar-refractivity contribution in [1.29, 1.82) is 0 Å². The molecule has 1 atom stereocenters. The summed E-state index contributed by atoms with van der Waals surface area (Å²) in [6.45, 7) is 0. The molecule has 0 spiro atoms. The van der Waals surface area contributed by atoms with Crippen LogP contribution in [0.3, 0.4) is 0 Å². The smallest absolute Gasteiger partial charge is 0.124 e. The van der Waals surface area contributed by atoms with Gasteiger partial charge in [0.25, 0.3) is 0 Å². The molecule has 0 saturated heterocycles. The van der Waals surface area contributed by atoms with E-state index in [-0.39, 0.29) is 11.9 Å². The first kappa shape index (κ1) is 11.8. The molecule has 0 aliphatic rings. The van der Waals surface area contributed by atoms with Crippen molar-refractivity contribution in [3.8, 4) is 0 Å². The van der Waals surface area contributed by atoms with Gasteiger partial charge < -0.3 is 0 Å². The minimum absolute atomic E-state index is 0.0308. The van der Waals surface area contributed by atoms with Crippen LogP contribution >= 0.6 is 22.7 Å². The molecule has 3 N–H and O–H groups in total. The highest BCUT2D eigenvalue weighted by atomic mass is 32.1. The summed E-state index contributed by atoms with van der Waals surface area (Å²) in [5, 5.41) is 5.13. The first-order valence-electron chi connectivity index (χ1n) is 5.45. The average molecular weight is 278 g/mol. The minimum Gasteiger partial charge on any atom is -0.271 e. The fourth-order valence-electron chi connectivity index (χ4n) is 1.95. The van der Waals surface area contributed by atoms with Crippen molar-refractivity contribution in [2.45, 2.75) is 6.04 Å². The molecule has 0 radical (unpaired) electrons. The molecule has 18 heavy (non-hydrogen) atoms. The number of nitrogens with one attached hydrogen (secondary N) is 1. The van der Waals surface area contributed by atoms with Crippen LogP contribution in [0, 0.1) is 5.82 Å². The highest BCUT2D eigenvalue weighted by molar-refractivity contribution is 7.19. The molecule has 0 amide bonds. The van der Waals surface area contributed by atoms with Gasteiger partial charge >= 0.3 is 0 Å². The Labute approximate surface area is 112 Å². The second-order valence-electron chi connectivity index (χ2n) is 3.99. The van der Waals surface area contributed by atoms with Crippen LogP contribution in [0.1, 0.15) is 16.5 Å². The van der Waals surface area contributed by atoms with Crippen LogP contribution in [0.2, 0.25) is 0 Å². The van der Waals surface area contributed by atoms with Crippen LogP contribution in [0.15, 0.2) is 41.1 Å². The highest BCUT2D eigenvalue weighted by Gasteiger charge is 2.15. The monoisotopic (exact) mass is 278 g/mol. The normalized spacial score (nSPS) is 13.0. The van der Waals surface area contributed by atoms with Gasteiger partial charge in [-0.05, 0) is 46.0 Å². The summed E-state index contributed by atoms with van der Waals surface area (Å²) < 4.78 is 14.1. The molecule has 92 valence electrons. The summed E-state index contributed by atoms with van der Waals surface area (Å²) in [6.07, 6.45) is 0. The predicted molar refractivity (Wildman–Crippen MR) is 75.3 cm³/mol. The maximum Gasteiger partial charge on any atom is 0.124 e. The fraction of sp³-hybridized carbons (Fsp3) is 0.0769. The fourth-order valence-corrected chi connectivity index (χ4v) is 3.81. The lowest BCUT2D eigenvalue weighted by Gasteiger charge is -2.11. The predicted octanol–water partition coefficient (Wildman–Crippen LogP) is 3.65. The van der Waals surface area contributed by atoms with Crippen molar-refractivity contribution in [1.82, 2.24) is 5.43 Å². The van der Waals surface area contributed by atoms with Crippen LogP contribution < -0.4 is 11.3 Å². The highest BCUT2D eigenvalue weighted by Crippen LogP contribution is 2.33. The number of nitrogens with two attached hydrogens (primary N) is 1. The van der Waals surface area contributed by atoms with Crippen LogP contribution in [0.5, 0.6) is 0 Å². The van der Waals surface area contributed by atoms with Crippen LogP contribution in [0.4, 0.5) is 4.39 Å². The Bertz CT molecular complexity index is 661. The summed E-state index contributed by atoms with van der Waals surface area (Å²) >= 11 is 3.20. The van der Waals surface area contributed by atoms with Gasteiger partial charge in [0.05, 0.1) is 6.04 Å². The number of halogens is 1. The van der Waals surface area contributed by atoms with E-state index in [0.29, 0.717) is 0 Å². The van der Waals surface area contributed by atoms with Gasteiger partial charge in [-0.3, -0.25) is 5.84 Å². The molecule has 0 fully saturated rings. The Balaban J connectivity index is 2.07. The summed E-state index contributed by atoms with van der Waals surface area (Å²) in [5.41, 5.74) is 3.95. The zero-order valence-corrected chi connectivity index (χ0v) is 11.0. The zero-order chi connectivity index (χ0) is 12.5. The van der Waals surface area contributed by atoms with Crippen LogP contribution in [-0.2, 0) is 0 Å². The molecular formula is C13H11FN2S2. The third-order valence-electron chi connectivity index (χ3n) is 2.83. The number of hydrogen-bond donors (Lipinski definition) is 2. The maximum absolute atomic E-state index is 13.2. The molecule has 0 bridgehead atoms. The second-order valence-corrected chi connectivity index (χ2v) is 5.88. The topological polar surface area (TPSA) is 38.0 Å². The van der Waals surface area contributed by atoms with E-state index in [0.717, 1.165) is 20.5 Å². The number of fused-ring (bicyclic) bond motifs is 1. The number of hydrogen-bond acceptors (Lipinski definition) is 4. The van der Waals surface area contributed by atoms with Crippen LogP contribution in [0.25, 0.3) is 10.1 Å². The van der Waals surface area contributed by atoms with Gasteiger partial charge in [-0.2, -0.15) is 11.3 Å². The summed E-state index contributed by atoms with van der Waals surface area (Å²) in [7, 11) is 0. The molecule has 2 aromatic heterocycles. The molecule has 0 saturated carbocycles. The van der Waals surface area contributed by atoms with Gasteiger partial charge in [0.15, 0.2) is 0 Å². The molecule has 1 aromatic carbocycles.